The van der Waals surface area contributed by atoms with E-state index in [1.807, 2.05) is 0 Å². The zero-order valence-electron chi connectivity index (χ0n) is 11.3. The van der Waals surface area contributed by atoms with Crippen molar-refractivity contribution in [1.29, 1.82) is 0 Å². The standard InChI is InChI=1S/C12H18N6O3/c13-4-10(19)16-7-1-8(17-11(20)5-14)3-9(2-7)18-12(21)6-15/h1-3H,4-6,13-15H2,(H,16,19)(H,17,20)(H,18,21). The molecule has 0 saturated carbocycles. The van der Waals surface area contributed by atoms with Gasteiger partial charge in [0.15, 0.2) is 0 Å². The maximum absolute atomic E-state index is 11.3. The van der Waals surface area contributed by atoms with Crippen LogP contribution in [0.3, 0.4) is 0 Å². The Morgan fingerprint density at radius 2 is 0.905 bits per heavy atom. The molecule has 3 amide bonds. The lowest BCUT2D eigenvalue weighted by molar-refractivity contribution is -0.115. The zero-order valence-corrected chi connectivity index (χ0v) is 11.3. The molecule has 114 valence electrons. The first-order valence-electron chi connectivity index (χ1n) is 6.13. The number of carbonyl (C=O) groups excluding carboxylic acids is 3. The number of carbonyl (C=O) groups is 3. The minimum absolute atomic E-state index is 0.191. The first kappa shape index (κ1) is 16.6. The average Bonchev–Trinajstić information content (AvgIpc) is 2.46. The van der Waals surface area contributed by atoms with Gasteiger partial charge in [-0.1, -0.05) is 0 Å². The third-order valence-corrected chi connectivity index (χ3v) is 2.34. The van der Waals surface area contributed by atoms with Gasteiger partial charge in [-0.15, -0.1) is 0 Å². The molecule has 0 atom stereocenters. The molecular weight excluding hydrogens is 276 g/mol. The van der Waals surface area contributed by atoms with E-state index in [-0.39, 0.29) is 19.6 Å². The van der Waals surface area contributed by atoms with Crippen LogP contribution in [0.25, 0.3) is 0 Å². The second-order valence-corrected chi connectivity index (χ2v) is 4.06. The number of hydrogen-bond acceptors (Lipinski definition) is 6. The third-order valence-electron chi connectivity index (χ3n) is 2.34. The average molecular weight is 294 g/mol. The Labute approximate surface area is 121 Å². The van der Waals surface area contributed by atoms with Crippen LogP contribution in [0.1, 0.15) is 0 Å². The molecule has 0 spiro atoms. The van der Waals surface area contributed by atoms with Gasteiger partial charge in [0.25, 0.3) is 0 Å². The van der Waals surface area contributed by atoms with Crippen molar-refractivity contribution in [2.75, 3.05) is 35.6 Å². The lowest BCUT2D eigenvalue weighted by Gasteiger charge is -2.12. The van der Waals surface area contributed by atoms with Crippen LogP contribution in [0, 0.1) is 0 Å². The summed E-state index contributed by atoms with van der Waals surface area (Å²) in [6, 6.07) is 4.54. The second kappa shape index (κ2) is 7.94. The number of rotatable bonds is 6. The predicted octanol–water partition coefficient (Wildman–Crippen LogP) is -1.62. The first-order chi connectivity index (χ1) is 9.98. The van der Waals surface area contributed by atoms with E-state index in [1.54, 1.807) is 0 Å². The Morgan fingerprint density at radius 1 is 0.667 bits per heavy atom. The molecule has 0 radical (unpaired) electrons. The summed E-state index contributed by atoms with van der Waals surface area (Å²) in [5, 5.41) is 7.58. The fourth-order valence-corrected chi connectivity index (χ4v) is 1.48. The smallest absolute Gasteiger partial charge is 0.238 e. The van der Waals surface area contributed by atoms with Crippen molar-refractivity contribution >= 4 is 34.8 Å². The van der Waals surface area contributed by atoms with Gasteiger partial charge in [-0.3, -0.25) is 14.4 Å². The molecule has 0 aliphatic carbocycles. The number of benzene rings is 1. The normalized spacial score (nSPS) is 9.86. The van der Waals surface area contributed by atoms with Gasteiger partial charge < -0.3 is 33.2 Å². The number of amides is 3. The number of hydrogen-bond donors (Lipinski definition) is 6. The molecule has 0 heterocycles. The summed E-state index contributed by atoms with van der Waals surface area (Å²) in [4.78, 5) is 33.9. The highest BCUT2D eigenvalue weighted by molar-refractivity contribution is 5.98. The van der Waals surface area contributed by atoms with Crippen molar-refractivity contribution in [3.8, 4) is 0 Å². The van der Waals surface area contributed by atoms with Gasteiger partial charge >= 0.3 is 0 Å². The van der Waals surface area contributed by atoms with E-state index in [9.17, 15) is 14.4 Å². The Balaban J connectivity index is 3.03. The van der Waals surface area contributed by atoms with Crippen LogP contribution in [0.15, 0.2) is 18.2 Å². The van der Waals surface area contributed by atoms with Crippen LogP contribution in [0.2, 0.25) is 0 Å². The van der Waals surface area contributed by atoms with E-state index in [0.29, 0.717) is 17.1 Å². The predicted molar refractivity (Wildman–Crippen MR) is 79.5 cm³/mol. The van der Waals surface area contributed by atoms with Gasteiger partial charge in [0.05, 0.1) is 19.6 Å². The monoisotopic (exact) mass is 294 g/mol. The number of nitrogens with two attached hydrogens (primary N) is 3. The summed E-state index contributed by atoms with van der Waals surface area (Å²) < 4.78 is 0. The molecule has 1 aromatic carbocycles. The molecule has 0 unspecified atom stereocenters. The van der Waals surface area contributed by atoms with Gasteiger partial charge in [-0.2, -0.15) is 0 Å². The molecule has 0 fully saturated rings. The highest BCUT2D eigenvalue weighted by atomic mass is 16.2. The van der Waals surface area contributed by atoms with Crippen molar-refractivity contribution in [3.63, 3.8) is 0 Å². The lowest BCUT2D eigenvalue weighted by Crippen LogP contribution is -2.24. The van der Waals surface area contributed by atoms with Crippen molar-refractivity contribution in [3.05, 3.63) is 18.2 Å². The largest absolute Gasteiger partial charge is 0.325 e. The van der Waals surface area contributed by atoms with E-state index < -0.39 is 17.7 Å². The van der Waals surface area contributed by atoms with E-state index >= 15 is 0 Å². The van der Waals surface area contributed by atoms with Gasteiger partial charge in [0.2, 0.25) is 17.7 Å². The van der Waals surface area contributed by atoms with Crippen LogP contribution >= 0.6 is 0 Å². The van der Waals surface area contributed by atoms with E-state index in [2.05, 4.69) is 16.0 Å². The molecule has 0 aromatic heterocycles. The van der Waals surface area contributed by atoms with Crippen LogP contribution in [0.5, 0.6) is 0 Å². The van der Waals surface area contributed by atoms with Gasteiger partial charge in [-0.05, 0) is 18.2 Å². The highest BCUT2D eigenvalue weighted by Crippen LogP contribution is 2.22. The molecule has 9 nitrogen and oxygen atoms in total. The van der Waals surface area contributed by atoms with Gasteiger partial charge in [-0.25, -0.2) is 0 Å². The third kappa shape index (κ3) is 5.57. The summed E-state index contributed by atoms with van der Waals surface area (Å²) in [6.07, 6.45) is 0. The fraction of sp³-hybridized carbons (Fsp3) is 0.250. The summed E-state index contributed by atoms with van der Waals surface area (Å²) in [5.74, 6) is -1.23. The summed E-state index contributed by atoms with van der Waals surface area (Å²) >= 11 is 0. The van der Waals surface area contributed by atoms with Crippen LogP contribution in [0.4, 0.5) is 17.1 Å². The minimum Gasteiger partial charge on any atom is -0.325 e. The van der Waals surface area contributed by atoms with E-state index in [4.69, 9.17) is 17.2 Å². The fourth-order valence-electron chi connectivity index (χ4n) is 1.48. The Morgan fingerprint density at radius 3 is 1.10 bits per heavy atom. The Bertz CT molecular complexity index is 457. The lowest BCUT2D eigenvalue weighted by atomic mass is 10.2. The van der Waals surface area contributed by atoms with Crippen molar-refractivity contribution in [2.45, 2.75) is 0 Å². The molecule has 0 aliphatic rings. The van der Waals surface area contributed by atoms with Crippen molar-refractivity contribution in [2.24, 2.45) is 17.2 Å². The second-order valence-electron chi connectivity index (χ2n) is 4.06. The van der Waals surface area contributed by atoms with Crippen LogP contribution in [-0.2, 0) is 14.4 Å². The molecule has 9 N–H and O–H groups in total. The van der Waals surface area contributed by atoms with E-state index in [0.717, 1.165) is 0 Å². The molecule has 9 heteroatoms. The Kier molecular flexibility index (Phi) is 6.27. The van der Waals surface area contributed by atoms with Crippen LogP contribution in [-0.4, -0.2) is 37.4 Å². The molecule has 21 heavy (non-hydrogen) atoms. The number of nitrogens with one attached hydrogen (secondary N) is 3. The molecule has 1 aromatic rings. The summed E-state index contributed by atoms with van der Waals surface area (Å²) in [6.45, 7) is -0.572. The summed E-state index contributed by atoms with van der Waals surface area (Å²) in [7, 11) is 0. The number of anilines is 3. The quantitative estimate of drug-likeness (QED) is 0.369. The molecule has 0 bridgehead atoms. The Hall–Kier alpha value is -2.49. The van der Waals surface area contributed by atoms with Crippen molar-refractivity contribution in [1.82, 2.24) is 0 Å². The SMILES string of the molecule is NCC(=O)Nc1cc(NC(=O)CN)cc(NC(=O)CN)c1. The first-order valence-corrected chi connectivity index (χ1v) is 6.13. The molecule has 0 aliphatic heterocycles. The molecule has 0 saturated heterocycles. The topological polar surface area (TPSA) is 165 Å². The highest BCUT2D eigenvalue weighted by Gasteiger charge is 2.08. The maximum atomic E-state index is 11.3. The van der Waals surface area contributed by atoms with Crippen molar-refractivity contribution < 1.29 is 14.4 Å². The van der Waals surface area contributed by atoms with E-state index in [1.165, 1.54) is 18.2 Å². The maximum Gasteiger partial charge on any atom is 0.238 e. The zero-order chi connectivity index (χ0) is 15.8. The van der Waals surface area contributed by atoms with Gasteiger partial charge in [0, 0.05) is 17.1 Å². The summed E-state index contributed by atoms with van der Waals surface area (Å²) in [5.41, 5.74) is 16.8. The minimum atomic E-state index is -0.409. The molecular formula is C12H18N6O3. The van der Waals surface area contributed by atoms with Gasteiger partial charge in [0.1, 0.15) is 0 Å². The molecule has 1 rings (SSSR count). The van der Waals surface area contributed by atoms with Crippen LogP contribution < -0.4 is 33.2 Å².